The number of nitrogens with one attached hydrogen (secondary N) is 1. The molecule has 240 valence electrons. The smallest absolute Gasteiger partial charge is 0.202 e. The molecule has 3 aliphatic rings. The quantitative estimate of drug-likeness (QED) is 0.174. The van der Waals surface area contributed by atoms with E-state index in [-0.39, 0.29) is 41.0 Å². The average Bonchev–Trinajstić information content (AvgIpc) is 3.02. The van der Waals surface area contributed by atoms with Crippen molar-refractivity contribution in [3.8, 4) is 23.3 Å². The summed E-state index contributed by atoms with van der Waals surface area (Å²) in [6, 6.07) is 4.87. The Kier molecular flexibility index (Phi) is 8.98. The molecule has 1 fully saturated rings. The molecule has 7 atom stereocenters. The molecule has 0 saturated carbocycles. The van der Waals surface area contributed by atoms with Gasteiger partial charge < -0.3 is 44.5 Å². The molecule has 2 aromatic rings. The van der Waals surface area contributed by atoms with Crippen LogP contribution >= 0.6 is 0 Å². The summed E-state index contributed by atoms with van der Waals surface area (Å²) in [5.74, 6) is -3.93. The van der Waals surface area contributed by atoms with Gasteiger partial charge >= 0.3 is 0 Å². The largest absolute Gasteiger partial charge is 0.507 e. The van der Waals surface area contributed by atoms with Gasteiger partial charge in [0.15, 0.2) is 17.9 Å². The van der Waals surface area contributed by atoms with Crippen LogP contribution < -0.4 is 10.1 Å². The molecule has 14 nitrogen and oxygen atoms in total. The van der Waals surface area contributed by atoms with Gasteiger partial charge in [0, 0.05) is 49.1 Å². The minimum Gasteiger partial charge on any atom is -0.507 e. The highest BCUT2D eigenvalue weighted by Gasteiger charge is 2.50. The second-order valence-corrected chi connectivity index (χ2v) is 11.4. The number of ketones is 3. The van der Waals surface area contributed by atoms with Crippen molar-refractivity contribution in [1.82, 2.24) is 5.32 Å². The molecule has 14 heteroatoms. The number of aliphatic hydroxyl groups is 3. The molecule has 0 aromatic heterocycles. The van der Waals surface area contributed by atoms with E-state index in [0.29, 0.717) is 0 Å². The van der Waals surface area contributed by atoms with Crippen LogP contribution in [0.5, 0.6) is 17.2 Å². The van der Waals surface area contributed by atoms with Gasteiger partial charge in [-0.3, -0.25) is 19.7 Å². The van der Waals surface area contributed by atoms with Crippen molar-refractivity contribution in [2.45, 2.75) is 68.5 Å². The highest BCUT2D eigenvalue weighted by molar-refractivity contribution is 6.31. The number of hydrogen-bond donors (Lipinski definition) is 6. The minimum atomic E-state index is -2.30. The summed E-state index contributed by atoms with van der Waals surface area (Å²) in [5, 5.41) is 67.4. The molecule has 1 saturated heterocycles. The lowest BCUT2D eigenvalue weighted by Crippen LogP contribution is -2.57. The Balaban J connectivity index is 1.60. The van der Waals surface area contributed by atoms with E-state index in [2.05, 4.69) is 5.32 Å². The number of aromatic hydroxyl groups is 2. The van der Waals surface area contributed by atoms with E-state index in [9.17, 15) is 45.2 Å². The van der Waals surface area contributed by atoms with Crippen LogP contribution in [0.1, 0.15) is 68.8 Å². The van der Waals surface area contributed by atoms with Crippen LogP contribution in [0.3, 0.4) is 0 Å². The first-order valence-corrected chi connectivity index (χ1v) is 14.3. The van der Waals surface area contributed by atoms with Gasteiger partial charge in [-0.05, 0) is 13.0 Å². The number of carbonyl (C=O) groups excluding carboxylic acids is 3. The number of nitriles is 1. The van der Waals surface area contributed by atoms with Gasteiger partial charge in [0.2, 0.25) is 5.78 Å². The fraction of sp³-hybridized carbons (Fsp3) is 0.484. The standard InChI is InChI=1S/C31H34N2O12/c1-13-26(36)17(33-14(10-32)12-42-2)7-21(44-13)45-19-9-31(41,20(35)11-34)8-16-23(19)30(40)25-24(28(16)38)27(37)15-5-4-6-18(43-3)22(15)29(25)39/h4-6,13-14,17,19,21,26,33-34,36,38,40-41H,7-9,11-12H2,1-3H3/t13?,14?,17?,19-,21?,26?,31-/m1/s1. The molecule has 2 aliphatic carbocycles. The van der Waals surface area contributed by atoms with Gasteiger partial charge in [-0.15, -0.1) is 0 Å². The normalized spacial score (nSPS) is 28.0. The number of aliphatic hydroxyl groups excluding tert-OH is 2. The minimum absolute atomic E-state index is 0.0334. The fourth-order valence-corrected chi connectivity index (χ4v) is 6.43. The van der Waals surface area contributed by atoms with Crippen LogP contribution in [-0.4, -0.2) is 106 Å². The van der Waals surface area contributed by atoms with Crippen molar-refractivity contribution < 1.29 is 58.9 Å². The molecule has 45 heavy (non-hydrogen) atoms. The van der Waals surface area contributed by atoms with Crippen molar-refractivity contribution in [2.75, 3.05) is 27.4 Å². The number of phenolic OH excluding ortho intramolecular Hbond substituents is 2. The third-order valence-corrected chi connectivity index (χ3v) is 8.67. The summed E-state index contributed by atoms with van der Waals surface area (Å²) in [4.78, 5) is 40.2. The number of nitrogens with zero attached hydrogens (tertiary/aromatic N) is 1. The van der Waals surface area contributed by atoms with Crippen molar-refractivity contribution in [3.63, 3.8) is 0 Å². The number of methoxy groups -OCH3 is 2. The van der Waals surface area contributed by atoms with E-state index < -0.39 is 102 Å². The summed E-state index contributed by atoms with van der Waals surface area (Å²) < 4.78 is 22.4. The van der Waals surface area contributed by atoms with E-state index in [1.807, 2.05) is 6.07 Å². The van der Waals surface area contributed by atoms with Crippen molar-refractivity contribution in [3.05, 3.63) is 51.6 Å². The van der Waals surface area contributed by atoms with E-state index >= 15 is 0 Å². The number of Topliss-reactive ketones (excluding diaryl/α,β-unsaturated/α-hetero) is 1. The molecule has 0 amide bonds. The van der Waals surface area contributed by atoms with E-state index in [0.717, 1.165) is 0 Å². The molecule has 1 heterocycles. The molecule has 1 aliphatic heterocycles. The number of benzene rings is 2. The first-order valence-electron chi connectivity index (χ1n) is 14.3. The number of rotatable bonds is 9. The molecular weight excluding hydrogens is 592 g/mol. The predicted molar refractivity (Wildman–Crippen MR) is 152 cm³/mol. The molecule has 0 radical (unpaired) electrons. The summed E-state index contributed by atoms with van der Waals surface area (Å²) in [6.07, 6.45) is -5.61. The Morgan fingerprint density at radius 2 is 1.89 bits per heavy atom. The SMILES string of the molecule is COCC(C#N)NC1CC(O[C@@H]2C[C@@](O)(C(=O)CO)Cc3c(O)c4c(c(O)c32)C(=O)c2c(OC)cccc2C4=O)OC(C)C1O. The third kappa shape index (κ3) is 5.46. The van der Waals surface area contributed by atoms with Crippen molar-refractivity contribution in [1.29, 1.82) is 5.26 Å². The molecule has 5 rings (SSSR count). The lowest BCUT2D eigenvalue weighted by molar-refractivity contribution is -0.250. The Morgan fingerprint density at radius 1 is 1.18 bits per heavy atom. The van der Waals surface area contributed by atoms with Gasteiger partial charge in [0.25, 0.3) is 0 Å². The van der Waals surface area contributed by atoms with Gasteiger partial charge in [-0.1, -0.05) is 12.1 Å². The maximum absolute atomic E-state index is 13.8. The monoisotopic (exact) mass is 626 g/mol. The van der Waals surface area contributed by atoms with Crippen LogP contribution in [0.15, 0.2) is 18.2 Å². The van der Waals surface area contributed by atoms with Crippen LogP contribution in [0.25, 0.3) is 0 Å². The summed E-state index contributed by atoms with van der Waals surface area (Å²) in [5.41, 5.74) is -3.85. The molecule has 0 bridgehead atoms. The predicted octanol–water partition coefficient (Wildman–Crippen LogP) is 0.171. The molecule has 6 N–H and O–H groups in total. The van der Waals surface area contributed by atoms with Crippen LogP contribution in [0, 0.1) is 11.3 Å². The molecule has 2 aromatic carbocycles. The topological polar surface area (TPSA) is 225 Å². The molecular formula is C31H34N2O12. The Hall–Kier alpha value is -3.94. The van der Waals surface area contributed by atoms with Gasteiger partial charge in [0.1, 0.15) is 35.5 Å². The first kappa shape index (κ1) is 32.5. The Morgan fingerprint density at radius 3 is 2.53 bits per heavy atom. The number of hydrogen-bond acceptors (Lipinski definition) is 14. The van der Waals surface area contributed by atoms with E-state index in [1.165, 1.54) is 32.4 Å². The van der Waals surface area contributed by atoms with E-state index in [4.69, 9.17) is 18.9 Å². The maximum Gasteiger partial charge on any atom is 0.202 e. The number of fused-ring (bicyclic) bond motifs is 3. The lowest BCUT2D eigenvalue weighted by atomic mass is 9.72. The average molecular weight is 627 g/mol. The second kappa shape index (κ2) is 12.5. The maximum atomic E-state index is 13.8. The number of carbonyl (C=O) groups is 3. The number of ether oxygens (including phenoxy) is 4. The molecule has 5 unspecified atom stereocenters. The zero-order valence-corrected chi connectivity index (χ0v) is 24.8. The zero-order chi connectivity index (χ0) is 32.8. The van der Waals surface area contributed by atoms with Crippen molar-refractivity contribution >= 4 is 17.3 Å². The highest BCUT2D eigenvalue weighted by Crippen LogP contribution is 2.52. The van der Waals surface area contributed by atoms with Crippen LogP contribution in [0.4, 0.5) is 0 Å². The Bertz CT molecular complexity index is 1590. The van der Waals surface area contributed by atoms with Crippen LogP contribution in [-0.2, 0) is 25.4 Å². The fourth-order valence-electron chi connectivity index (χ4n) is 6.43. The summed E-state index contributed by atoms with van der Waals surface area (Å²) >= 11 is 0. The molecule has 0 spiro atoms. The third-order valence-electron chi connectivity index (χ3n) is 8.67. The van der Waals surface area contributed by atoms with Crippen molar-refractivity contribution in [2.24, 2.45) is 0 Å². The second-order valence-electron chi connectivity index (χ2n) is 11.4. The van der Waals surface area contributed by atoms with E-state index in [1.54, 1.807) is 6.92 Å². The zero-order valence-electron chi connectivity index (χ0n) is 24.8. The summed E-state index contributed by atoms with van der Waals surface area (Å²) in [6.45, 7) is 0.554. The van der Waals surface area contributed by atoms with Gasteiger partial charge in [0.05, 0.1) is 54.8 Å². The summed E-state index contributed by atoms with van der Waals surface area (Å²) in [7, 11) is 2.73. The lowest BCUT2D eigenvalue weighted by Gasteiger charge is -2.43. The number of phenols is 2. The van der Waals surface area contributed by atoms with Gasteiger partial charge in [-0.25, -0.2) is 0 Å². The highest BCUT2D eigenvalue weighted by atomic mass is 16.7. The van der Waals surface area contributed by atoms with Gasteiger partial charge in [-0.2, -0.15) is 5.26 Å². The Labute approximate surface area is 257 Å². The van der Waals surface area contributed by atoms with Crippen LogP contribution in [0.2, 0.25) is 0 Å². The first-order chi connectivity index (χ1) is 21.4.